The van der Waals surface area contributed by atoms with Crippen molar-refractivity contribution < 1.29 is 4.79 Å². The van der Waals surface area contributed by atoms with Crippen molar-refractivity contribution >= 4 is 6.41 Å². The third kappa shape index (κ3) is 0.735. The highest BCUT2D eigenvalue weighted by molar-refractivity contribution is 5.51. The summed E-state index contributed by atoms with van der Waals surface area (Å²) in [6.07, 6.45) is 2.93. The molecule has 1 aliphatic rings. The fraction of sp³-hybridized carbons (Fsp3) is 0.500. The molecule has 0 aliphatic heterocycles. The van der Waals surface area contributed by atoms with Crippen molar-refractivity contribution in [1.29, 1.82) is 0 Å². The van der Waals surface area contributed by atoms with Gasteiger partial charge in [0.15, 0.2) is 0 Å². The summed E-state index contributed by atoms with van der Waals surface area (Å²) in [7, 11) is 0. The molecule has 0 bridgehead atoms. The van der Waals surface area contributed by atoms with Gasteiger partial charge in [0.25, 0.3) is 0 Å². The normalized spacial score (nSPS) is 17.6. The molecule has 8 heavy (non-hydrogen) atoms. The van der Waals surface area contributed by atoms with Crippen molar-refractivity contribution in [2.24, 2.45) is 0 Å². The Balaban J connectivity index is 2.46. The lowest BCUT2D eigenvalue weighted by Crippen LogP contribution is -2.17. The molecule has 0 radical (unpaired) electrons. The molecule has 44 valence electrons. The van der Waals surface area contributed by atoms with E-state index in [0.29, 0.717) is 0 Å². The molecule has 0 fully saturated rings. The summed E-state index contributed by atoms with van der Waals surface area (Å²) in [6.45, 7) is 2.04. The average molecular weight is 111 g/mol. The second-order valence-corrected chi connectivity index (χ2v) is 2.02. The van der Waals surface area contributed by atoms with Crippen LogP contribution in [0, 0.1) is 0 Å². The van der Waals surface area contributed by atoms with Gasteiger partial charge in [0, 0.05) is 5.70 Å². The molecule has 2 heteroatoms. The predicted octanol–water partition coefficient (Wildman–Crippen LogP) is 0.800. The maximum absolute atomic E-state index is 9.81. The largest absolute Gasteiger partial charge is 0.332 e. The first-order valence-electron chi connectivity index (χ1n) is 2.73. The van der Waals surface area contributed by atoms with E-state index in [9.17, 15) is 4.79 Å². The van der Waals surface area contributed by atoms with Gasteiger partial charge >= 0.3 is 0 Å². The van der Waals surface area contributed by atoms with Crippen LogP contribution in [0.25, 0.3) is 0 Å². The molecule has 1 amide bonds. The summed E-state index contributed by atoms with van der Waals surface area (Å²) < 4.78 is 0. The number of nitrogens with one attached hydrogen (secondary N) is 1. The number of amides is 1. The molecular formula is C6H9NO. The summed E-state index contributed by atoms with van der Waals surface area (Å²) in [5, 5.41) is 2.63. The van der Waals surface area contributed by atoms with Gasteiger partial charge in [-0.25, -0.2) is 0 Å². The van der Waals surface area contributed by atoms with E-state index in [4.69, 9.17) is 0 Å². The number of carbonyl (C=O) groups excluding carboxylic acids is 1. The summed E-state index contributed by atoms with van der Waals surface area (Å²) in [5.74, 6) is 0. The Morgan fingerprint density at radius 1 is 1.62 bits per heavy atom. The first-order chi connectivity index (χ1) is 3.84. The van der Waals surface area contributed by atoms with Crippen LogP contribution in [0.4, 0.5) is 0 Å². The topological polar surface area (TPSA) is 29.1 Å². The number of rotatable bonds is 2. The SMILES string of the molecule is CC1=C(NC=O)CC1. The molecule has 0 atom stereocenters. The van der Waals surface area contributed by atoms with Crippen LogP contribution >= 0.6 is 0 Å². The Morgan fingerprint density at radius 2 is 2.38 bits per heavy atom. The van der Waals surface area contributed by atoms with E-state index in [-0.39, 0.29) is 0 Å². The van der Waals surface area contributed by atoms with Crippen LogP contribution < -0.4 is 5.32 Å². The van der Waals surface area contributed by atoms with Gasteiger partial charge in [-0.1, -0.05) is 5.57 Å². The molecular weight excluding hydrogens is 102 g/mol. The average Bonchev–Trinajstić information content (AvgIpc) is 1.79. The van der Waals surface area contributed by atoms with Crippen molar-refractivity contribution in [2.75, 3.05) is 0 Å². The van der Waals surface area contributed by atoms with Gasteiger partial charge in [-0.05, 0) is 19.8 Å². The number of hydrogen-bond donors (Lipinski definition) is 1. The second kappa shape index (κ2) is 1.99. The first kappa shape index (κ1) is 5.35. The van der Waals surface area contributed by atoms with Crippen molar-refractivity contribution in [3.8, 4) is 0 Å². The molecule has 0 saturated carbocycles. The molecule has 1 aliphatic carbocycles. The van der Waals surface area contributed by atoms with Crippen LogP contribution in [-0.4, -0.2) is 6.41 Å². The van der Waals surface area contributed by atoms with Crippen molar-refractivity contribution in [1.82, 2.24) is 5.32 Å². The van der Waals surface area contributed by atoms with E-state index in [1.54, 1.807) is 0 Å². The summed E-state index contributed by atoms with van der Waals surface area (Å²) in [6, 6.07) is 0. The molecule has 0 heterocycles. The summed E-state index contributed by atoms with van der Waals surface area (Å²) in [5.41, 5.74) is 2.43. The molecule has 1 N–H and O–H groups in total. The van der Waals surface area contributed by atoms with E-state index in [2.05, 4.69) is 5.32 Å². The minimum Gasteiger partial charge on any atom is -0.332 e. The zero-order valence-electron chi connectivity index (χ0n) is 4.90. The van der Waals surface area contributed by atoms with Crippen LogP contribution in [0.3, 0.4) is 0 Å². The molecule has 0 aromatic rings. The Labute approximate surface area is 48.6 Å². The molecule has 0 aromatic heterocycles. The Morgan fingerprint density at radius 3 is 2.50 bits per heavy atom. The van der Waals surface area contributed by atoms with Crippen LogP contribution in [0.15, 0.2) is 11.3 Å². The minimum atomic E-state index is 0.734. The lowest BCUT2D eigenvalue weighted by Gasteiger charge is -2.18. The monoisotopic (exact) mass is 111 g/mol. The molecule has 0 spiro atoms. The lowest BCUT2D eigenvalue weighted by molar-refractivity contribution is -0.109. The van der Waals surface area contributed by atoms with Crippen molar-refractivity contribution in [3.05, 3.63) is 11.3 Å². The zero-order valence-corrected chi connectivity index (χ0v) is 4.90. The van der Waals surface area contributed by atoms with Crippen molar-refractivity contribution in [3.63, 3.8) is 0 Å². The fourth-order valence-corrected chi connectivity index (χ4v) is 0.766. The van der Waals surface area contributed by atoms with Gasteiger partial charge in [0.1, 0.15) is 0 Å². The van der Waals surface area contributed by atoms with Crippen LogP contribution in [-0.2, 0) is 4.79 Å². The van der Waals surface area contributed by atoms with Crippen LogP contribution in [0.1, 0.15) is 19.8 Å². The number of hydrogen-bond acceptors (Lipinski definition) is 1. The van der Waals surface area contributed by atoms with Gasteiger partial charge in [0.05, 0.1) is 0 Å². The Hall–Kier alpha value is -0.790. The standard InChI is InChI=1S/C6H9NO/c1-5-2-3-6(5)7-4-8/h4H,2-3H2,1H3,(H,7,8). The van der Waals surface area contributed by atoms with E-state index in [1.165, 1.54) is 5.57 Å². The third-order valence-electron chi connectivity index (χ3n) is 1.50. The predicted molar refractivity (Wildman–Crippen MR) is 31.1 cm³/mol. The zero-order chi connectivity index (χ0) is 5.98. The third-order valence-corrected chi connectivity index (χ3v) is 1.50. The highest BCUT2D eigenvalue weighted by atomic mass is 16.1. The number of allylic oxidation sites excluding steroid dienone is 2. The Bertz CT molecular complexity index is 137. The molecule has 0 unspecified atom stereocenters. The highest BCUT2D eigenvalue weighted by Crippen LogP contribution is 2.23. The van der Waals surface area contributed by atoms with Gasteiger partial charge < -0.3 is 5.32 Å². The minimum absolute atomic E-state index is 0.734. The quantitative estimate of drug-likeness (QED) is 0.525. The molecule has 1 rings (SSSR count). The Kier molecular flexibility index (Phi) is 1.33. The van der Waals surface area contributed by atoms with Gasteiger partial charge in [-0.3, -0.25) is 4.79 Å². The van der Waals surface area contributed by atoms with Crippen LogP contribution in [0.2, 0.25) is 0 Å². The first-order valence-corrected chi connectivity index (χ1v) is 2.73. The van der Waals surface area contributed by atoms with Crippen LogP contribution in [0.5, 0.6) is 0 Å². The summed E-state index contributed by atoms with van der Waals surface area (Å²) in [4.78, 5) is 9.81. The maximum Gasteiger partial charge on any atom is 0.211 e. The van der Waals surface area contributed by atoms with Gasteiger partial charge in [-0.15, -0.1) is 0 Å². The van der Waals surface area contributed by atoms with Crippen molar-refractivity contribution in [2.45, 2.75) is 19.8 Å². The van der Waals surface area contributed by atoms with Gasteiger partial charge in [0.2, 0.25) is 6.41 Å². The van der Waals surface area contributed by atoms with E-state index in [1.807, 2.05) is 6.92 Å². The molecule has 0 saturated heterocycles. The van der Waals surface area contributed by atoms with Gasteiger partial charge in [-0.2, -0.15) is 0 Å². The van der Waals surface area contributed by atoms with E-state index >= 15 is 0 Å². The second-order valence-electron chi connectivity index (χ2n) is 2.02. The highest BCUT2D eigenvalue weighted by Gasteiger charge is 2.10. The smallest absolute Gasteiger partial charge is 0.211 e. The summed E-state index contributed by atoms with van der Waals surface area (Å²) >= 11 is 0. The fourth-order valence-electron chi connectivity index (χ4n) is 0.766. The maximum atomic E-state index is 9.81. The molecule has 0 aromatic carbocycles. The lowest BCUT2D eigenvalue weighted by atomic mass is 9.96. The number of carbonyl (C=O) groups is 1. The molecule has 2 nitrogen and oxygen atoms in total. The van der Waals surface area contributed by atoms with E-state index < -0.39 is 0 Å². The van der Waals surface area contributed by atoms with E-state index in [0.717, 1.165) is 24.9 Å².